The third-order valence-corrected chi connectivity index (χ3v) is 8.89. The predicted octanol–water partition coefficient (Wildman–Crippen LogP) is 5.00. The Morgan fingerprint density at radius 1 is 1.15 bits per heavy atom. The fourth-order valence-electron chi connectivity index (χ4n) is 5.95. The van der Waals surface area contributed by atoms with Crippen LogP contribution >= 0.6 is 11.6 Å². The lowest BCUT2D eigenvalue weighted by Crippen LogP contribution is -2.55. The minimum absolute atomic E-state index is 0.0360. The van der Waals surface area contributed by atoms with Crippen LogP contribution in [0.25, 0.3) is 0 Å². The van der Waals surface area contributed by atoms with E-state index in [1.165, 1.54) is 24.1 Å². The minimum Gasteiger partial charge on any atom is -0.497 e. The molecule has 2 N–H and O–H groups in total. The van der Waals surface area contributed by atoms with E-state index >= 15 is 0 Å². The largest absolute Gasteiger partial charge is 0.497 e. The summed E-state index contributed by atoms with van der Waals surface area (Å²) in [6.45, 7) is 1.63. The van der Waals surface area contributed by atoms with E-state index in [0.29, 0.717) is 17.0 Å². The van der Waals surface area contributed by atoms with Crippen LogP contribution in [-0.2, 0) is 10.4 Å². The monoisotopic (exact) mass is 581 g/mol. The Hall–Kier alpha value is -2.98. The SMILES string of the molecule is COc1cccc([C@@](O)(C(=O)NCC[C@H]2CCC23CCN(c2ccc(C(=O)N(C)C)c(Cl)c2)CC3)C(F)(F)F)c1. The summed E-state index contributed by atoms with van der Waals surface area (Å²) in [5.41, 5.74) is -2.79. The first-order chi connectivity index (χ1) is 18.8. The Kier molecular flexibility index (Phi) is 8.61. The highest BCUT2D eigenvalue weighted by Crippen LogP contribution is 2.55. The van der Waals surface area contributed by atoms with Gasteiger partial charge in [0.05, 0.1) is 17.7 Å². The van der Waals surface area contributed by atoms with Gasteiger partial charge in [-0.1, -0.05) is 23.7 Å². The zero-order valence-electron chi connectivity index (χ0n) is 22.9. The number of aliphatic hydroxyl groups is 1. The quantitative estimate of drug-likeness (QED) is 0.458. The predicted molar refractivity (Wildman–Crippen MR) is 147 cm³/mol. The van der Waals surface area contributed by atoms with Gasteiger partial charge >= 0.3 is 6.18 Å². The number of carbonyl (C=O) groups is 2. The Labute approximate surface area is 237 Å². The van der Waals surface area contributed by atoms with Gasteiger partial charge in [-0.15, -0.1) is 0 Å². The van der Waals surface area contributed by atoms with Gasteiger partial charge in [-0.2, -0.15) is 13.2 Å². The number of carbonyl (C=O) groups excluding carboxylic acids is 2. The molecule has 2 atom stereocenters. The molecule has 1 aliphatic heterocycles. The lowest BCUT2D eigenvalue weighted by atomic mass is 9.54. The lowest BCUT2D eigenvalue weighted by Gasteiger charge is -2.54. The Morgan fingerprint density at radius 2 is 1.85 bits per heavy atom. The molecule has 0 radical (unpaired) electrons. The van der Waals surface area contributed by atoms with Crippen LogP contribution in [0.2, 0.25) is 5.02 Å². The molecule has 218 valence electrons. The fraction of sp³-hybridized carbons (Fsp3) is 0.517. The van der Waals surface area contributed by atoms with Crippen molar-refractivity contribution in [3.8, 4) is 5.75 Å². The molecule has 1 spiro atoms. The summed E-state index contributed by atoms with van der Waals surface area (Å²) in [4.78, 5) is 28.7. The molecule has 4 rings (SSSR count). The molecule has 2 fully saturated rings. The summed E-state index contributed by atoms with van der Waals surface area (Å²) in [5, 5.41) is 13.3. The third kappa shape index (κ3) is 5.61. The number of rotatable bonds is 8. The molecule has 0 unspecified atom stereocenters. The number of methoxy groups -OCH3 is 1. The molecule has 1 saturated heterocycles. The number of anilines is 1. The van der Waals surface area contributed by atoms with Crippen molar-refractivity contribution in [2.24, 2.45) is 11.3 Å². The highest BCUT2D eigenvalue weighted by Gasteiger charge is 2.61. The van der Waals surface area contributed by atoms with Gasteiger partial charge in [0.2, 0.25) is 0 Å². The van der Waals surface area contributed by atoms with Crippen molar-refractivity contribution >= 4 is 29.1 Å². The van der Waals surface area contributed by atoms with E-state index in [2.05, 4.69) is 10.2 Å². The molecule has 2 amide bonds. The smallest absolute Gasteiger partial charge is 0.430 e. The maximum atomic E-state index is 13.9. The van der Waals surface area contributed by atoms with Crippen LogP contribution in [0.15, 0.2) is 42.5 Å². The number of amides is 2. The molecule has 2 aromatic carbocycles. The molecule has 2 aliphatic rings. The van der Waals surface area contributed by atoms with Gasteiger partial charge in [0.15, 0.2) is 0 Å². The van der Waals surface area contributed by atoms with E-state index < -0.39 is 23.2 Å². The molecule has 40 heavy (non-hydrogen) atoms. The average molecular weight is 582 g/mol. The highest BCUT2D eigenvalue weighted by atomic mass is 35.5. The van der Waals surface area contributed by atoms with Crippen molar-refractivity contribution in [3.63, 3.8) is 0 Å². The van der Waals surface area contributed by atoms with Gasteiger partial charge in [-0.3, -0.25) is 9.59 Å². The maximum absolute atomic E-state index is 13.9. The van der Waals surface area contributed by atoms with E-state index in [1.54, 1.807) is 20.2 Å². The van der Waals surface area contributed by atoms with Crippen LogP contribution in [0.3, 0.4) is 0 Å². The van der Waals surface area contributed by atoms with E-state index in [-0.39, 0.29) is 29.5 Å². The number of alkyl halides is 3. The number of hydrogen-bond donors (Lipinski definition) is 2. The summed E-state index contributed by atoms with van der Waals surface area (Å²) in [5.74, 6) is -1.27. The number of hydrogen-bond acceptors (Lipinski definition) is 5. The van der Waals surface area contributed by atoms with E-state index in [4.69, 9.17) is 16.3 Å². The fourth-order valence-corrected chi connectivity index (χ4v) is 6.21. The zero-order valence-corrected chi connectivity index (χ0v) is 23.6. The van der Waals surface area contributed by atoms with Crippen LogP contribution in [0, 0.1) is 11.3 Å². The standard InChI is InChI=1S/C29H35ClF3N3O4/c1-35(2)25(37)23-8-7-21(18-24(23)30)36-15-12-27(13-16-36)11-9-19(27)10-14-34-26(38)28(39,29(31,32)33)20-5-4-6-22(17-20)40-3/h4-8,17-19,39H,9-16H2,1-3H3,(H,34,38)/t19-,28-/m1/s1. The van der Waals surface area contributed by atoms with E-state index in [1.807, 2.05) is 12.1 Å². The Bertz CT molecular complexity index is 1250. The summed E-state index contributed by atoms with van der Waals surface area (Å²) >= 11 is 6.40. The first-order valence-electron chi connectivity index (χ1n) is 13.3. The average Bonchev–Trinajstić information content (AvgIpc) is 2.93. The van der Waals surface area contributed by atoms with Crippen LogP contribution in [0.1, 0.15) is 48.0 Å². The second-order valence-corrected chi connectivity index (χ2v) is 11.3. The maximum Gasteiger partial charge on any atom is 0.430 e. The first-order valence-corrected chi connectivity index (χ1v) is 13.7. The molecule has 1 saturated carbocycles. The zero-order chi connectivity index (χ0) is 29.3. The van der Waals surface area contributed by atoms with Crippen LogP contribution in [0.4, 0.5) is 18.9 Å². The van der Waals surface area contributed by atoms with Crippen molar-refractivity contribution in [2.75, 3.05) is 45.7 Å². The molecule has 1 heterocycles. The number of benzene rings is 2. The van der Waals surface area contributed by atoms with Crippen LogP contribution < -0.4 is 15.0 Å². The molecule has 7 nitrogen and oxygen atoms in total. The molecule has 0 aromatic heterocycles. The summed E-state index contributed by atoms with van der Waals surface area (Å²) < 4.78 is 46.8. The Balaban J connectivity index is 1.34. The van der Waals surface area contributed by atoms with Gasteiger partial charge in [-0.05, 0) is 73.8 Å². The van der Waals surface area contributed by atoms with Crippen molar-refractivity contribution in [1.29, 1.82) is 0 Å². The second-order valence-electron chi connectivity index (χ2n) is 10.9. The Morgan fingerprint density at radius 3 is 2.40 bits per heavy atom. The number of nitrogens with zero attached hydrogens (tertiary/aromatic N) is 2. The summed E-state index contributed by atoms with van der Waals surface area (Å²) in [6, 6.07) is 10.3. The normalized spacial score (nSPS) is 19.9. The van der Waals surface area contributed by atoms with Gasteiger partial charge < -0.3 is 25.0 Å². The van der Waals surface area contributed by atoms with Crippen molar-refractivity contribution < 1.29 is 32.6 Å². The highest BCUT2D eigenvalue weighted by molar-refractivity contribution is 6.34. The number of halogens is 4. The van der Waals surface area contributed by atoms with E-state index in [9.17, 15) is 27.9 Å². The molecule has 1 aliphatic carbocycles. The lowest BCUT2D eigenvalue weighted by molar-refractivity contribution is -0.257. The van der Waals surface area contributed by atoms with Gasteiger partial charge in [0, 0.05) is 45.0 Å². The summed E-state index contributed by atoms with van der Waals surface area (Å²) in [6.07, 6.45) is -0.870. The topological polar surface area (TPSA) is 82.1 Å². The number of piperidine rings is 1. The number of ether oxygens (including phenoxy) is 1. The van der Waals surface area contributed by atoms with Crippen molar-refractivity contribution in [1.82, 2.24) is 10.2 Å². The minimum atomic E-state index is -5.21. The number of nitrogens with one attached hydrogen (secondary N) is 1. The van der Waals surface area contributed by atoms with Crippen LogP contribution in [0.5, 0.6) is 5.75 Å². The van der Waals surface area contributed by atoms with Crippen molar-refractivity contribution in [2.45, 2.75) is 43.9 Å². The van der Waals surface area contributed by atoms with Gasteiger partial charge in [-0.25, -0.2) is 0 Å². The van der Waals surface area contributed by atoms with Gasteiger partial charge in [0.1, 0.15) is 5.75 Å². The van der Waals surface area contributed by atoms with E-state index in [0.717, 1.165) is 56.6 Å². The van der Waals surface area contributed by atoms with Crippen LogP contribution in [-0.4, -0.2) is 68.8 Å². The van der Waals surface area contributed by atoms with Gasteiger partial charge in [0.25, 0.3) is 17.4 Å². The molecular weight excluding hydrogens is 547 g/mol. The van der Waals surface area contributed by atoms with Crippen molar-refractivity contribution in [3.05, 3.63) is 58.6 Å². The molecule has 0 bridgehead atoms. The third-order valence-electron chi connectivity index (χ3n) is 8.58. The molecule has 2 aromatic rings. The second kappa shape index (κ2) is 11.5. The summed E-state index contributed by atoms with van der Waals surface area (Å²) in [7, 11) is 4.65. The molecular formula is C29H35ClF3N3O4. The first kappa shape index (κ1) is 30.0. The molecule has 11 heteroatoms.